The summed E-state index contributed by atoms with van der Waals surface area (Å²) in [6, 6.07) is 9.98. The van der Waals surface area contributed by atoms with Crippen molar-refractivity contribution in [3.8, 4) is 11.5 Å². The lowest BCUT2D eigenvalue weighted by molar-refractivity contribution is 0.472. The van der Waals surface area contributed by atoms with Crippen LogP contribution in [-0.4, -0.2) is 0 Å². The van der Waals surface area contributed by atoms with Gasteiger partial charge in [0.2, 0.25) is 0 Å². The van der Waals surface area contributed by atoms with E-state index in [0.717, 1.165) is 15.6 Å². The highest BCUT2D eigenvalue weighted by atomic mass is 79.9. The van der Waals surface area contributed by atoms with Crippen LogP contribution in [0.25, 0.3) is 0 Å². The molecule has 0 aliphatic rings. The first-order valence-electron chi connectivity index (χ1n) is 5.38. The molecular formula is C14H11BrClFO. The summed E-state index contributed by atoms with van der Waals surface area (Å²) in [7, 11) is 0. The second-order valence-electron chi connectivity index (χ2n) is 3.90. The Morgan fingerprint density at radius 1 is 1.22 bits per heavy atom. The molecule has 18 heavy (non-hydrogen) atoms. The number of halogens is 3. The lowest BCUT2D eigenvalue weighted by Gasteiger charge is -2.10. The molecule has 0 saturated heterocycles. The van der Waals surface area contributed by atoms with Crippen LogP contribution in [0, 0.1) is 12.7 Å². The second-order valence-corrected chi connectivity index (χ2v) is 5.02. The summed E-state index contributed by atoms with van der Waals surface area (Å²) in [4.78, 5) is 0. The topological polar surface area (TPSA) is 9.23 Å². The molecular weight excluding hydrogens is 319 g/mol. The van der Waals surface area contributed by atoms with E-state index in [2.05, 4.69) is 15.9 Å². The van der Waals surface area contributed by atoms with Crippen LogP contribution in [0.4, 0.5) is 4.39 Å². The van der Waals surface area contributed by atoms with Crippen LogP contribution in [0.15, 0.2) is 40.9 Å². The fourth-order valence-electron chi connectivity index (χ4n) is 1.51. The van der Waals surface area contributed by atoms with Gasteiger partial charge in [0.25, 0.3) is 0 Å². The zero-order valence-corrected chi connectivity index (χ0v) is 12.1. The minimum absolute atomic E-state index is 0.313. The van der Waals surface area contributed by atoms with Crippen LogP contribution in [0.5, 0.6) is 11.5 Å². The fourth-order valence-corrected chi connectivity index (χ4v) is 2.40. The van der Waals surface area contributed by atoms with Gasteiger partial charge in [-0.1, -0.05) is 28.1 Å². The molecule has 0 aliphatic heterocycles. The molecule has 0 N–H and O–H groups in total. The number of rotatable bonds is 3. The molecule has 0 bridgehead atoms. The highest BCUT2D eigenvalue weighted by molar-refractivity contribution is 9.10. The zero-order valence-electron chi connectivity index (χ0n) is 9.71. The van der Waals surface area contributed by atoms with E-state index < -0.39 is 0 Å². The van der Waals surface area contributed by atoms with Crippen molar-refractivity contribution in [1.82, 2.24) is 0 Å². The molecule has 0 saturated carbocycles. The smallest absolute Gasteiger partial charge is 0.133 e. The quantitative estimate of drug-likeness (QED) is 0.682. The first-order valence-corrected chi connectivity index (χ1v) is 6.71. The highest BCUT2D eigenvalue weighted by Crippen LogP contribution is 2.29. The Morgan fingerprint density at radius 2 is 2.00 bits per heavy atom. The van der Waals surface area contributed by atoms with Crippen LogP contribution in [0.1, 0.15) is 11.1 Å². The predicted octanol–water partition coefficient (Wildman–Crippen LogP) is 5.43. The number of ether oxygens (including phenoxy) is 1. The number of aryl methyl sites for hydroxylation is 1. The number of benzene rings is 2. The minimum Gasteiger partial charge on any atom is -0.457 e. The summed E-state index contributed by atoms with van der Waals surface area (Å²) in [5.41, 5.74) is 1.87. The van der Waals surface area contributed by atoms with E-state index in [9.17, 15) is 4.39 Å². The van der Waals surface area contributed by atoms with Gasteiger partial charge in [-0.2, -0.15) is 0 Å². The Bertz CT molecular complexity index is 572. The molecule has 0 radical (unpaired) electrons. The average molecular weight is 330 g/mol. The third-order valence-electron chi connectivity index (χ3n) is 2.55. The molecule has 2 rings (SSSR count). The minimum atomic E-state index is -0.313. The van der Waals surface area contributed by atoms with E-state index in [1.807, 2.05) is 25.1 Å². The average Bonchev–Trinajstić information content (AvgIpc) is 2.34. The molecule has 0 fully saturated rings. The van der Waals surface area contributed by atoms with Crippen LogP contribution in [0.3, 0.4) is 0 Å². The standard InChI is InChI=1S/C14H11BrClFO/c1-9-2-4-11(17)6-14(9)18-12-5-3-10(8-16)13(15)7-12/h2-7H,8H2,1H3. The third-order valence-corrected chi connectivity index (χ3v) is 3.57. The molecule has 4 heteroatoms. The highest BCUT2D eigenvalue weighted by Gasteiger charge is 2.05. The molecule has 0 amide bonds. The summed E-state index contributed by atoms with van der Waals surface area (Å²) >= 11 is 9.19. The largest absolute Gasteiger partial charge is 0.457 e. The van der Waals surface area contributed by atoms with Gasteiger partial charge in [-0.15, -0.1) is 11.6 Å². The number of hydrogen-bond donors (Lipinski definition) is 0. The van der Waals surface area contributed by atoms with Crippen molar-refractivity contribution in [2.24, 2.45) is 0 Å². The van der Waals surface area contributed by atoms with Gasteiger partial charge >= 0.3 is 0 Å². The van der Waals surface area contributed by atoms with E-state index >= 15 is 0 Å². The van der Waals surface area contributed by atoms with E-state index in [1.165, 1.54) is 12.1 Å². The summed E-state index contributed by atoms with van der Waals surface area (Å²) in [6.07, 6.45) is 0. The van der Waals surface area contributed by atoms with E-state index in [1.54, 1.807) is 6.07 Å². The van der Waals surface area contributed by atoms with E-state index in [0.29, 0.717) is 17.4 Å². The lowest BCUT2D eigenvalue weighted by Crippen LogP contribution is -1.90. The van der Waals surface area contributed by atoms with Gasteiger partial charge in [0.1, 0.15) is 17.3 Å². The van der Waals surface area contributed by atoms with Crippen molar-refractivity contribution in [2.45, 2.75) is 12.8 Å². The van der Waals surface area contributed by atoms with Gasteiger partial charge in [0.05, 0.1) is 0 Å². The Hall–Kier alpha value is -1.06. The van der Waals surface area contributed by atoms with Crippen LogP contribution in [0.2, 0.25) is 0 Å². The monoisotopic (exact) mass is 328 g/mol. The van der Waals surface area contributed by atoms with Gasteiger partial charge in [0, 0.05) is 16.4 Å². The molecule has 2 aromatic carbocycles. The Labute approximate surface area is 119 Å². The second kappa shape index (κ2) is 5.72. The van der Waals surface area contributed by atoms with E-state index in [-0.39, 0.29) is 5.82 Å². The van der Waals surface area contributed by atoms with Crippen LogP contribution >= 0.6 is 27.5 Å². The Kier molecular flexibility index (Phi) is 4.25. The van der Waals surface area contributed by atoms with Crippen molar-refractivity contribution in [3.05, 3.63) is 57.8 Å². The fraction of sp³-hybridized carbons (Fsp3) is 0.143. The molecule has 94 valence electrons. The molecule has 0 atom stereocenters. The van der Waals surface area contributed by atoms with Crippen LogP contribution in [-0.2, 0) is 5.88 Å². The summed E-state index contributed by atoms with van der Waals surface area (Å²) < 4.78 is 19.7. The first-order chi connectivity index (χ1) is 8.60. The SMILES string of the molecule is Cc1ccc(F)cc1Oc1ccc(CCl)c(Br)c1. The van der Waals surface area contributed by atoms with Gasteiger partial charge in [0.15, 0.2) is 0 Å². The summed E-state index contributed by atoms with van der Waals surface area (Å²) in [6.45, 7) is 1.87. The molecule has 0 heterocycles. The molecule has 0 aliphatic carbocycles. The van der Waals surface area contributed by atoms with Gasteiger partial charge in [-0.3, -0.25) is 0 Å². The Balaban J connectivity index is 2.28. The van der Waals surface area contributed by atoms with Gasteiger partial charge in [-0.25, -0.2) is 4.39 Å². The maximum Gasteiger partial charge on any atom is 0.133 e. The molecule has 0 unspecified atom stereocenters. The first kappa shape index (κ1) is 13.4. The van der Waals surface area contributed by atoms with Gasteiger partial charge < -0.3 is 4.74 Å². The van der Waals surface area contributed by atoms with Crippen molar-refractivity contribution in [1.29, 1.82) is 0 Å². The molecule has 2 aromatic rings. The summed E-state index contributed by atoms with van der Waals surface area (Å²) in [5, 5.41) is 0. The van der Waals surface area contributed by atoms with Crippen molar-refractivity contribution < 1.29 is 9.13 Å². The lowest BCUT2D eigenvalue weighted by atomic mass is 10.2. The van der Waals surface area contributed by atoms with Crippen molar-refractivity contribution >= 4 is 27.5 Å². The maximum absolute atomic E-state index is 13.1. The molecule has 0 spiro atoms. The molecule has 1 nitrogen and oxygen atoms in total. The predicted molar refractivity (Wildman–Crippen MR) is 74.9 cm³/mol. The zero-order chi connectivity index (χ0) is 13.1. The maximum atomic E-state index is 13.1. The molecule has 0 aromatic heterocycles. The van der Waals surface area contributed by atoms with Crippen molar-refractivity contribution in [2.75, 3.05) is 0 Å². The third kappa shape index (κ3) is 3.03. The number of alkyl halides is 1. The van der Waals surface area contributed by atoms with Gasteiger partial charge in [-0.05, 0) is 36.2 Å². The van der Waals surface area contributed by atoms with E-state index in [4.69, 9.17) is 16.3 Å². The van der Waals surface area contributed by atoms with Crippen molar-refractivity contribution in [3.63, 3.8) is 0 Å². The Morgan fingerprint density at radius 3 is 2.67 bits per heavy atom. The normalized spacial score (nSPS) is 10.4. The summed E-state index contributed by atoms with van der Waals surface area (Å²) in [5.74, 6) is 1.27. The number of hydrogen-bond acceptors (Lipinski definition) is 1. The van der Waals surface area contributed by atoms with Crippen LogP contribution < -0.4 is 4.74 Å².